The van der Waals surface area contributed by atoms with Crippen LogP contribution in [-0.4, -0.2) is 75.9 Å². The van der Waals surface area contributed by atoms with Crippen LogP contribution >= 0.6 is 0 Å². The first-order chi connectivity index (χ1) is 17.5. The van der Waals surface area contributed by atoms with Crippen molar-refractivity contribution in [3.8, 4) is 0 Å². The van der Waals surface area contributed by atoms with Gasteiger partial charge in [0, 0.05) is 31.1 Å². The van der Waals surface area contributed by atoms with Crippen molar-refractivity contribution >= 4 is 17.5 Å². The molecule has 0 unspecified atom stereocenters. The number of hydrogen-bond acceptors (Lipinski definition) is 8. The van der Waals surface area contributed by atoms with Crippen LogP contribution in [-0.2, 0) is 17.5 Å². The summed E-state index contributed by atoms with van der Waals surface area (Å²) in [7, 11) is 0. The number of nitrogens with one attached hydrogen (secondary N) is 1. The van der Waals surface area contributed by atoms with Gasteiger partial charge in [-0.3, -0.25) is 9.69 Å². The van der Waals surface area contributed by atoms with Crippen LogP contribution in [0.15, 0.2) is 30.6 Å². The SMILES string of the molecule is NC(=O)CN1CC[C@@](CO)(CNc2ncnc(N(Cc3ccc(C(F)(F)F)cc3)C3CC3)c2F)[C@@H](O)C1. The number of amides is 1. The molecule has 2 atom stereocenters. The van der Waals surface area contributed by atoms with Gasteiger partial charge in [-0.25, -0.2) is 9.97 Å². The number of halogens is 4. The highest BCUT2D eigenvalue weighted by atomic mass is 19.4. The summed E-state index contributed by atoms with van der Waals surface area (Å²) >= 11 is 0. The quantitative estimate of drug-likeness (QED) is 0.345. The Hall–Kier alpha value is -3.03. The van der Waals surface area contributed by atoms with Gasteiger partial charge in [-0.15, -0.1) is 0 Å². The molecule has 2 fully saturated rings. The van der Waals surface area contributed by atoms with Crippen LogP contribution in [0.3, 0.4) is 0 Å². The second-order valence-corrected chi connectivity index (χ2v) is 9.75. The van der Waals surface area contributed by atoms with E-state index >= 15 is 4.39 Å². The van der Waals surface area contributed by atoms with Gasteiger partial charge in [0.15, 0.2) is 11.6 Å². The van der Waals surface area contributed by atoms with Gasteiger partial charge in [-0.2, -0.15) is 17.6 Å². The number of β-amino-alcohol motifs (C(OH)–C–C–N with tert-alkyl or cyclic N) is 1. The summed E-state index contributed by atoms with van der Waals surface area (Å²) in [6.45, 7) is 0.364. The monoisotopic (exact) mass is 526 g/mol. The molecule has 1 saturated heterocycles. The maximum Gasteiger partial charge on any atom is 0.416 e. The number of aliphatic hydroxyl groups excluding tert-OH is 2. The first-order valence-electron chi connectivity index (χ1n) is 12.0. The minimum absolute atomic E-state index is 0.000248. The molecular formula is C24H30F4N6O3. The summed E-state index contributed by atoms with van der Waals surface area (Å²) in [4.78, 5) is 22.7. The van der Waals surface area contributed by atoms with Crippen LogP contribution in [0.5, 0.6) is 0 Å². The standard InChI is InChI=1S/C24H30F4N6O3/c25-20-21(30-12-23(13-35)7-8-33(10-18(23)36)11-19(29)37)31-14-32-22(20)34(17-5-6-17)9-15-1-3-16(4-2-15)24(26,27)28/h1-4,14,17-18,35-36H,5-13H2,(H2,29,37)(H,30,31,32)/t18-,23-/m0/s1. The maximum atomic E-state index is 15.6. The Kier molecular flexibility index (Phi) is 7.85. The van der Waals surface area contributed by atoms with Crippen molar-refractivity contribution in [3.63, 3.8) is 0 Å². The van der Waals surface area contributed by atoms with Gasteiger partial charge in [0.05, 0.1) is 24.8 Å². The summed E-state index contributed by atoms with van der Waals surface area (Å²) in [5, 5.41) is 23.7. The lowest BCUT2D eigenvalue weighted by Gasteiger charge is -2.44. The highest BCUT2D eigenvalue weighted by molar-refractivity contribution is 5.75. The number of hydrogen-bond donors (Lipinski definition) is 4. The maximum absolute atomic E-state index is 15.6. The highest BCUT2D eigenvalue weighted by Crippen LogP contribution is 2.36. The van der Waals surface area contributed by atoms with Crippen LogP contribution in [0.1, 0.15) is 30.4 Å². The summed E-state index contributed by atoms with van der Waals surface area (Å²) in [5.74, 6) is -1.33. The number of aromatic nitrogens is 2. The predicted molar refractivity (Wildman–Crippen MR) is 127 cm³/mol. The topological polar surface area (TPSA) is 128 Å². The van der Waals surface area contributed by atoms with E-state index in [-0.39, 0.29) is 50.5 Å². The van der Waals surface area contributed by atoms with Crippen molar-refractivity contribution < 1.29 is 32.6 Å². The van der Waals surface area contributed by atoms with Crippen molar-refractivity contribution in [1.29, 1.82) is 0 Å². The molecule has 1 aromatic heterocycles. The average Bonchev–Trinajstić information content (AvgIpc) is 3.68. The fraction of sp³-hybridized carbons (Fsp3) is 0.542. The second kappa shape index (κ2) is 10.8. The minimum atomic E-state index is -4.44. The fourth-order valence-corrected chi connectivity index (χ4v) is 4.59. The molecule has 13 heteroatoms. The van der Waals surface area contributed by atoms with Gasteiger partial charge in [-0.1, -0.05) is 12.1 Å². The molecule has 5 N–H and O–H groups in total. The molecule has 0 bridgehead atoms. The molecule has 1 saturated carbocycles. The molecule has 1 amide bonds. The van der Waals surface area contributed by atoms with Crippen molar-refractivity contribution in [2.45, 2.75) is 44.1 Å². The van der Waals surface area contributed by atoms with E-state index in [1.807, 2.05) is 0 Å². The third-order valence-electron chi connectivity index (χ3n) is 7.03. The first kappa shape index (κ1) is 27.0. The lowest BCUT2D eigenvalue weighted by atomic mass is 9.76. The van der Waals surface area contributed by atoms with E-state index in [4.69, 9.17) is 5.73 Å². The third-order valence-corrected chi connectivity index (χ3v) is 7.03. The molecule has 37 heavy (non-hydrogen) atoms. The van der Waals surface area contributed by atoms with Crippen LogP contribution in [0, 0.1) is 11.2 Å². The zero-order valence-corrected chi connectivity index (χ0v) is 20.1. The molecule has 202 valence electrons. The van der Waals surface area contributed by atoms with Gasteiger partial charge >= 0.3 is 6.18 Å². The Bertz CT molecular complexity index is 1100. The Labute approximate surface area is 211 Å². The summed E-state index contributed by atoms with van der Waals surface area (Å²) in [6.07, 6.45) is -2.30. The first-order valence-corrected chi connectivity index (χ1v) is 12.0. The third kappa shape index (κ3) is 6.28. The normalized spacial score (nSPS) is 22.6. The lowest BCUT2D eigenvalue weighted by molar-refractivity contribution is -0.137. The largest absolute Gasteiger partial charge is 0.416 e. The average molecular weight is 527 g/mol. The Balaban J connectivity index is 1.48. The lowest BCUT2D eigenvalue weighted by Crippen LogP contribution is -2.56. The smallest absolute Gasteiger partial charge is 0.396 e. The predicted octanol–water partition coefficient (Wildman–Crippen LogP) is 1.75. The molecule has 2 aliphatic rings. The zero-order valence-electron chi connectivity index (χ0n) is 20.1. The number of nitrogens with two attached hydrogens (primary N) is 1. The summed E-state index contributed by atoms with van der Waals surface area (Å²) < 4.78 is 54.3. The van der Waals surface area contributed by atoms with E-state index in [9.17, 15) is 28.2 Å². The number of nitrogens with zero attached hydrogens (tertiary/aromatic N) is 4. The van der Waals surface area contributed by atoms with Crippen LogP contribution in [0.25, 0.3) is 0 Å². The number of primary amides is 1. The molecule has 0 radical (unpaired) electrons. The number of carbonyl (C=O) groups excluding carboxylic acids is 1. The van der Waals surface area contributed by atoms with Crippen molar-refractivity contribution in [2.75, 3.05) is 43.0 Å². The molecule has 1 aliphatic carbocycles. The van der Waals surface area contributed by atoms with Gasteiger partial charge in [0.25, 0.3) is 0 Å². The van der Waals surface area contributed by atoms with Crippen LogP contribution < -0.4 is 16.0 Å². The van der Waals surface area contributed by atoms with E-state index in [0.717, 1.165) is 25.0 Å². The van der Waals surface area contributed by atoms with Gasteiger partial charge in [0.2, 0.25) is 11.7 Å². The number of piperidine rings is 1. The number of anilines is 2. The van der Waals surface area contributed by atoms with E-state index < -0.39 is 35.0 Å². The van der Waals surface area contributed by atoms with Gasteiger partial charge in [-0.05, 0) is 43.5 Å². The minimum Gasteiger partial charge on any atom is -0.396 e. The number of benzene rings is 1. The van der Waals surface area contributed by atoms with Crippen molar-refractivity contribution in [1.82, 2.24) is 14.9 Å². The molecule has 9 nitrogen and oxygen atoms in total. The molecule has 2 aromatic rings. The van der Waals surface area contributed by atoms with E-state index in [2.05, 4.69) is 15.3 Å². The van der Waals surface area contributed by atoms with Crippen LogP contribution in [0.2, 0.25) is 0 Å². The van der Waals surface area contributed by atoms with E-state index in [1.165, 1.54) is 18.5 Å². The Morgan fingerprint density at radius 3 is 2.51 bits per heavy atom. The highest BCUT2D eigenvalue weighted by Gasteiger charge is 2.42. The Morgan fingerprint density at radius 1 is 1.24 bits per heavy atom. The van der Waals surface area contributed by atoms with Gasteiger partial charge < -0.3 is 26.2 Å². The number of rotatable bonds is 10. The second-order valence-electron chi connectivity index (χ2n) is 9.75. The molecule has 0 spiro atoms. The fourth-order valence-electron chi connectivity index (χ4n) is 4.59. The van der Waals surface area contributed by atoms with E-state index in [1.54, 1.807) is 9.80 Å². The zero-order chi connectivity index (χ0) is 26.8. The van der Waals surface area contributed by atoms with Crippen molar-refractivity contribution in [2.24, 2.45) is 11.1 Å². The number of alkyl halides is 3. The summed E-state index contributed by atoms with van der Waals surface area (Å²) in [6, 6.07) is 4.73. The molecule has 4 rings (SSSR count). The summed E-state index contributed by atoms with van der Waals surface area (Å²) in [5.41, 5.74) is 4.07. The van der Waals surface area contributed by atoms with Crippen LogP contribution in [0.4, 0.5) is 29.2 Å². The molecular weight excluding hydrogens is 496 g/mol. The molecule has 1 aliphatic heterocycles. The molecule has 1 aromatic carbocycles. The number of likely N-dealkylation sites (tertiary alicyclic amines) is 1. The number of aliphatic hydroxyl groups is 2. The van der Waals surface area contributed by atoms with E-state index in [0.29, 0.717) is 18.5 Å². The van der Waals surface area contributed by atoms with Gasteiger partial charge in [0.1, 0.15) is 6.33 Å². The molecule has 2 heterocycles. The van der Waals surface area contributed by atoms with Crippen molar-refractivity contribution in [3.05, 3.63) is 47.5 Å². The Morgan fingerprint density at radius 2 is 1.95 bits per heavy atom. The number of carbonyl (C=O) groups is 1.